The van der Waals surface area contributed by atoms with Gasteiger partial charge in [-0.25, -0.2) is 4.98 Å². The van der Waals surface area contributed by atoms with Gasteiger partial charge in [0, 0.05) is 38.7 Å². The van der Waals surface area contributed by atoms with Gasteiger partial charge in [-0.2, -0.15) is 0 Å². The molecular formula is C37H34N4O6S2. The highest BCUT2D eigenvalue weighted by atomic mass is 32.2. The Bertz CT molecular complexity index is 1940. The van der Waals surface area contributed by atoms with Crippen molar-refractivity contribution in [1.29, 1.82) is 0 Å². The second kappa shape index (κ2) is 16.5. The quantitative estimate of drug-likeness (QED) is 0.0862. The number of amides is 3. The summed E-state index contributed by atoms with van der Waals surface area (Å²) in [5.74, 6) is 0.645. The lowest BCUT2D eigenvalue weighted by molar-refractivity contribution is -0.115. The zero-order valence-corrected chi connectivity index (χ0v) is 28.8. The highest BCUT2D eigenvalue weighted by Crippen LogP contribution is 2.30. The number of aromatic nitrogens is 1. The second-order valence-corrected chi connectivity index (χ2v) is 12.8. The normalized spacial score (nSPS) is 11.6. The van der Waals surface area contributed by atoms with Crippen molar-refractivity contribution in [3.8, 4) is 28.5 Å². The van der Waals surface area contributed by atoms with Crippen molar-refractivity contribution >= 4 is 57.7 Å². The third-order valence-corrected chi connectivity index (χ3v) is 9.05. The van der Waals surface area contributed by atoms with Crippen molar-refractivity contribution in [3.05, 3.63) is 119 Å². The second-order valence-electron chi connectivity index (χ2n) is 10.5. The number of thioether (sulfide) groups is 1. The molecule has 12 heteroatoms. The molecule has 0 bridgehead atoms. The molecule has 3 amide bonds. The molecular weight excluding hydrogens is 661 g/mol. The Morgan fingerprint density at radius 1 is 0.816 bits per heavy atom. The molecule has 1 atom stereocenters. The summed E-state index contributed by atoms with van der Waals surface area (Å²) in [5, 5.41) is 10.5. The van der Waals surface area contributed by atoms with Crippen molar-refractivity contribution in [2.24, 2.45) is 0 Å². The first kappa shape index (κ1) is 34.7. The molecule has 0 aliphatic carbocycles. The Morgan fingerprint density at radius 2 is 1.51 bits per heavy atom. The van der Waals surface area contributed by atoms with Crippen molar-refractivity contribution in [1.82, 2.24) is 10.3 Å². The summed E-state index contributed by atoms with van der Waals surface area (Å²) >= 11 is 2.73. The minimum Gasteiger partial charge on any atom is -0.497 e. The summed E-state index contributed by atoms with van der Waals surface area (Å²) < 4.78 is 16.0. The van der Waals surface area contributed by atoms with Gasteiger partial charge >= 0.3 is 0 Å². The maximum absolute atomic E-state index is 13.5. The maximum Gasteiger partial charge on any atom is 0.272 e. The molecule has 1 aromatic heterocycles. The number of hydrogen-bond acceptors (Lipinski definition) is 9. The van der Waals surface area contributed by atoms with Crippen LogP contribution in [0.25, 0.3) is 17.3 Å². The summed E-state index contributed by atoms with van der Waals surface area (Å²) in [7, 11) is 4.67. The highest BCUT2D eigenvalue weighted by molar-refractivity contribution is 8.00. The SMILES string of the molecule is COc1ccc(-c2csc(NC(=O)C(C)Sc3ccc(NC(=O)/C(=C/c4ccc(OC)cc4OC)NC(=O)c4ccccc4)cc3)n2)cc1. The van der Waals surface area contributed by atoms with E-state index in [4.69, 9.17) is 14.2 Å². The van der Waals surface area contributed by atoms with Crippen molar-refractivity contribution in [3.63, 3.8) is 0 Å². The number of hydrogen-bond donors (Lipinski definition) is 3. The van der Waals surface area contributed by atoms with E-state index < -0.39 is 17.1 Å². The van der Waals surface area contributed by atoms with E-state index in [1.165, 1.54) is 30.2 Å². The van der Waals surface area contributed by atoms with Gasteiger partial charge in [0.1, 0.15) is 22.9 Å². The van der Waals surface area contributed by atoms with Crippen LogP contribution in [0.1, 0.15) is 22.8 Å². The first-order valence-electron chi connectivity index (χ1n) is 15.0. The molecule has 0 radical (unpaired) electrons. The van der Waals surface area contributed by atoms with Gasteiger partial charge in [-0.15, -0.1) is 23.1 Å². The zero-order valence-electron chi connectivity index (χ0n) is 27.2. The molecule has 10 nitrogen and oxygen atoms in total. The number of methoxy groups -OCH3 is 3. The Morgan fingerprint density at radius 3 is 2.18 bits per heavy atom. The van der Waals surface area contributed by atoms with E-state index in [2.05, 4.69) is 20.9 Å². The lowest BCUT2D eigenvalue weighted by atomic mass is 10.1. The number of carbonyl (C=O) groups excluding carboxylic acids is 3. The van der Waals surface area contributed by atoms with Crippen LogP contribution in [0.5, 0.6) is 17.2 Å². The van der Waals surface area contributed by atoms with Gasteiger partial charge in [0.15, 0.2) is 5.13 Å². The number of anilines is 2. The summed E-state index contributed by atoms with van der Waals surface area (Å²) in [4.78, 5) is 44.9. The van der Waals surface area contributed by atoms with Crippen LogP contribution in [0.3, 0.4) is 0 Å². The largest absolute Gasteiger partial charge is 0.497 e. The molecule has 0 saturated carbocycles. The minimum absolute atomic E-state index is 0.0124. The van der Waals surface area contributed by atoms with Gasteiger partial charge < -0.3 is 30.2 Å². The van der Waals surface area contributed by atoms with Crippen LogP contribution in [-0.4, -0.2) is 49.3 Å². The van der Waals surface area contributed by atoms with Crippen LogP contribution in [0.2, 0.25) is 0 Å². The first-order chi connectivity index (χ1) is 23.8. The number of benzene rings is 4. The highest BCUT2D eigenvalue weighted by Gasteiger charge is 2.19. The molecule has 0 aliphatic heterocycles. The minimum atomic E-state index is -0.534. The Labute approximate surface area is 292 Å². The fraction of sp³-hybridized carbons (Fsp3) is 0.135. The van der Waals surface area contributed by atoms with Crippen molar-refractivity contribution < 1.29 is 28.6 Å². The lowest BCUT2D eigenvalue weighted by Crippen LogP contribution is -2.30. The molecule has 5 aromatic rings. The molecule has 4 aromatic carbocycles. The number of nitrogens with zero attached hydrogens (tertiary/aromatic N) is 1. The van der Waals surface area contributed by atoms with Crippen LogP contribution >= 0.6 is 23.1 Å². The van der Waals surface area contributed by atoms with Gasteiger partial charge in [0.2, 0.25) is 5.91 Å². The topological polar surface area (TPSA) is 128 Å². The van der Waals surface area contributed by atoms with Crippen molar-refractivity contribution in [2.75, 3.05) is 32.0 Å². The van der Waals surface area contributed by atoms with E-state index in [-0.39, 0.29) is 11.6 Å². The molecule has 0 spiro atoms. The Hall–Kier alpha value is -5.59. The molecule has 0 fully saturated rings. The number of carbonyl (C=O) groups is 3. The van der Waals surface area contributed by atoms with Crippen LogP contribution in [0.4, 0.5) is 10.8 Å². The average Bonchev–Trinajstić information content (AvgIpc) is 3.60. The molecule has 1 unspecified atom stereocenters. The number of nitrogens with one attached hydrogen (secondary N) is 3. The van der Waals surface area contributed by atoms with Gasteiger partial charge in [-0.3, -0.25) is 14.4 Å². The lowest BCUT2D eigenvalue weighted by Gasteiger charge is -2.14. The molecule has 49 heavy (non-hydrogen) atoms. The molecule has 1 heterocycles. The number of ether oxygens (including phenoxy) is 3. The number of thiazole rings is 1. The van der Waals surface area contributed by atoms with Gasteiger partial charge in [-0.05, 0) is 85.8 Å². The molecule has 250 valence electrons. The predicted molar refractivity (Wildman–Crippen MR) is 195 cm³/mol. The maximum atomic E-state index is 13.5. The van der Waals surface area contributed by atoms with Crippen LogP contribution in [0, 0.1) is 0 Å². The van der Waals surface area contributed by atoms with Crippen molar-refractivity contribution in [2.45, 2.75) is 17.1 Å². The summed E-state index contributed by atoms with van der Waals surface area (Å²) in [6, 6.07) is 28.4. The van der Waals surface area contributed by atoms with Crippen LogP contribution in [-0.2, 0) is 9.59 Å². The van der Waals surface area contributed by atoms with Crippen LogP contribution < -0.4 is 30.2 Å². The third kappa shape index (κ3) is 9.28. The molecule has 3 N–H and O–H groups in total. The van der Waals surface area contributed by atoms with Gasteiger partial charge in [-0.1, -0.05) is 18.2 Å². The smallest absolute Gasteiger partial charge is 0.272 e. The standard InChI is InChI=1S/C37H34N4O6S2/c1-23(34(42)41-37-40-32(22-48-37)24-10-15-28(45-2)16-11-24)49-30-18-13-27(14-19-30)38-36(44)31(39-35(43)25-8-6-5-7-9-25)20-26-12-17-29(46-3)21-33(26)47-4/h5-23H,1-4H3,(H,38,44)(H,39,43)(H,40,41,42)/b31-20-. The molecule has 5 rings (SSSR count). The average molecular weight is 695 g/mol. The summed E-state index contributed by atoms with van der Waals surface area (Å²) in [6.45, 7) is 1.81. The third-order valence-electron chi connectivity index (χ3n) is 7.18. The Balaban J connectivity index is 1.24. The summed E-state index contributed by atoms with van der Waals surface area (Å²) in [6.07, 6.45) is 1.54. The fourth-order valence-corrected chi connectivity index (χ4v) is 6.13. The van der Waals surface area contributed by atoms with E-state index in [1.807, 2.05) is 48.7 Å². The van der Waals surface area contributed by atoms with Crippen LogP contribution in [0.15, 0.2) is 113 Å². The zero-order chi connectivity index (χ0) is 34.8. The number of rotatable bonds is 13. The monoisotopic (exact) mass is 694 g/mol. The first-order valence-corrected chi connectivity index (χ1v) is 16.8. The Kier molecular flexibility index (Phi) is 11.7. The van der Waals surface area contributed by atoms with E-state index in [1.54, 1.807) is 81.0 Å². The van der Waals surface area contributed by atoms with E-state index in [0.717, 1.165) is 21.9 Å². The van der Waals surface area contributed by atoms with Gasteiger partial charge in [0.05, 0.1) is 32.3 Å². The van der Waals surface area contributed by atoms with E-state index in [0.29, 0.717) is 33.4 Å². The molecule has 0 saturated heterocycles. The predicted octanol–water partition coefficient (Wildman–Crippen LogP) is 7.36. The van der Waals surface area contributed by atoms with E-state index >= 15 is 0 Å². The van der Waals surface area contributed by atoms with E-state index in [9.17, 15) is 14.4 Å². The molecule has 0 aliphatic rings. The summed E-state index contributed by atoms with van der Waals surface area (Å²) in [5.41, 5.74) is 3.17. The fourth-order valence-electron chi connectivity index (χ4n) is 4.54. The van der Waals surface area contributed by atoms with Gasteiger partial charge in [0.25, 0.3) is 11.8 Å².